The van der Waals surface area contributed by atoms with Crippen molar-refractivity contribution in [3.8, 4) is 5.75 Å². The van der Waals surface area contributed by atoms with Crippen molar-refractivity contribution >= 4 is 17.3 Å². The van der Waals surface area contributed by atoms with E-state index in [0.29, 0.717) is 6.61 Å². The highest BCUT2D eigenvalue weighted by Crippen LogP contribution is 2.28. The fourth-order valence-corrected chi connectivity index (χ4v) is 2.22. The SMILES string of the molecule is CCCCCCCCNc1cc(Cl)ccc1OCC. The van der Waals surface area contributed by atoms with Gasteiger partial charge in [-0.05, 0) is 31.5 Å². The lowest BCUT2D eigenvalue weighted by atomic mass is 10.1. The molecule has 0 aromatic heterocycles. The third-order valence-corrected chi connectivity index (χ3v) is 3.32. The van der Waals surface area contributed by atoms with Crippen molar-refractivity contribution in [1.82, 2.24) is 0 Å². The molecule has 0 atom stereocenters. The van der Waals surface area contributed by atoms with Crippen LogP contribution in [0.5, 0.6) is 5.75 Å². The van der Waals surface area contributed by atoms with Crippen LogP contribution in [0.2, 0.25) is 5.02 Å². The first kappa shape index (κ1) is 16.2. The highest BCUT2D eigenvalue weighted by molar-refractivity contribution is 6.30. The molecule has 0 fully saturated rings. The summed E-state index contributed by atoms with van der Waals surface area (Å²) in [6, 6.07) is 5.72. The highest BCUT2D eigenvalue weighted by atomic mass is 35.5. The van der Waals surface area contributed by atoms with Crippen molar-refractivity contribution in [1.29, 1.82) is 0 Å². The van der Waals surface area contributed by atoms with Crippen LogP contribution in [0.25, 0.3) is 0 Å². The summed E-state index contributed by atoms with van der Waals surface area (Å²) in [7, 11) is 0. The molecule has 1 N–H and O–H groups in total. The van der Waals surface area contributed by atoms with Crippen LogP contribution in [0.4, 0.5) is 5.69 Å². The van der Waals surface area contributed by atoms with Gasteiger partial charge in [0.15, 0.2) is 0 Å². The number of halogens is 1. The maximum Gasteiger partial charge on any atom is 0.142 e. The van der Waals surface area contributed by atoms with Crippen molar-refractivity contribution in [2.24, 2.45) is 0 Å². The van der Waals surface area contributed by atoms with Gasteiger partial charge in [0, 0.05) is 11.6 Å². The molecule has 0 heterocycles. The van der Waals surface area contributed by atoms with Gasteiger partial charge in [-0.1, -0.05) is 50.6 Å². The van der Waals surface area contributed by atoms with Gasteiger partial charge in [0.1, 0.15) is 5.75 Å². The maximum absolute atomic E-state index is 6.02. The molecule has 0 radical (unpaired) electrons. The molecule has 1 aromatic rings. The standard InChI is InChI=1S/C16H26ClNO/c1-3-5-6-7-8-9-12-18-15-13-14(17)10-11-16(15)19-4-2/h10-11,13,18H,3-9,12H2,1-2H3. The predicted molar refractivity (Wildman–Crippen MR) is 84.5 cm³/mol. The molecule has 3 heteroatoms. The third-order valence-electron chi connectivity index (χ3n) is 3.09. The van der Waals surface area contributed by atoms with Crippen LogP contribution in [-0.4, -0.2) is 13.2 Å². The molecule has 1 rings (SSSR count). The summed E-state index contributed by atoms with van der Waals surface area (Å²) >= 11 is 6.02. The molecule has 0 amide bonds. The molecule has 19 heavy (non-hydrogen) atoms. The molecule has 0 aliphatic carbocycles. The Morgan fingerprint density at radius 1 is 1.05 bits per heavy atom. The Bertz CT molecular complexity index is 355. The lowest BCUT2D eigenvalue weighted by Gasteiger charge is -2.12. The summed E-state index contributed by atoms with van der Waals surface area (Å²) in [6.45, 7) is 5.89. The zero-order valence-corrected chi connectivity index (χ0v) is 12.9. The Labute approximate surface area is 122 Å². The summed E-state index contributed by atoms with van der Waals surface area (Å²) in [5, 5.41) is 4.16. The largest absolute Gasteiger partial charge is 0.492 e. The second-order valence-electron chi connectivity index (χ2n) is 4.77. The number of hydrogen-bond acceptors (Lipinski definition) is 2. The zero-order chi connectivity index (χ0) is 13.9. The van der Waals surface area contributed by atoms with Crippen molar-refractivity contribution in [2.45, 2.75) is 52.4 Å². The monoisotopic (exact) mass is 283 g/mol. The molecular weight excluding hydrogens is 258 g/mol. The van der Waals surface area contributed by atoms with Crippen LogP contribution in [0.3, 0.4) is 0 Å². The average Bonchev–Trinajstić information content (AvgIpc) is 2.41. The number of unbranched alkanes of at least 4 members (excludes halogenated alkanes) is 5. The summed E-state index contributed by atoms with van der Waals surface area (Å²) in [5.74, 6) is 0.887. The summed E-state index contributed by atoms with van der Waals surface area (Å²) in [4.78, 5) is 0. The molecule has 0 saturated heterocycles. The van der Waals surface area contributed by atoms with Gasteiger partial charge >= 0.3 is 0 Å². The van der Waals surface area contributed by atoms with Gasteiger partial charge in [-0.2, -0.15) is 0 Å². The van der Waals surface area contributed by atoms with Gasteiger partial charge < -0.3 is 10.1 Å². The summed E-state index contributed by atoms with van der Waals surface area (Å²) < 4.78 is 5.58. The second kappa shape index (κ2) is 9.96. The smallest absolute Gasteiger partial charge is 0.142 e. The fourth-order valence-electron chi connectivity index (χ4n) is 2.05. The number of anilines is 1. The number of benzene rings is 1. The van der Waals surface area contributed by atoms with Crippen molar-refractivity contribution in [3.05, 3.63) is 23.2 Å². The van der Waals surface area contributed by atoms with Crippen molar-refractivity contribution in [2.75, 3.05) is 18.5 Å². The Hall–Kier alpha value is -0.890. The molecule has 0 unspecified atom stereocenters. The van der Waals surface area contributed by atoms with E-state index >= 15 is 0 Å². The van der Waals surface area contributed by atoms with E-state index in [2.05, 4.69) is 12.2 Å². The van der Waals surface area contributed by atoms with Gasteiger partial charge in [-0.3, -0.25) is 0 Å². The summed E-state index contributed by atoms with van der Waals surface area (Å²) in [5.41, 5.74) is 1.00. The lowest BCUT2D eigenvalue weighted by Crippen LogP contribution is -2.04. The minimum absolute atomic E-state index is 0.674. The van der Waals surface area contributed by atoms with E-state index in [1.165, 1.54) is 38.5 Å². The molecule has 0 bridgehead atoms. The summed E-state index contributed by atoms with van der Waals surface area (Å²) in [6.07, 6.45) is 7.84. The lowest BCUT2D eigenvalue weighted by molar-refractivity contribution is 0.341. The molecule has 0 saturated carbocycles. The van der Waals surface area contributed by atoms with Crippen LogP contribution < -0.4 is 10.1 Å². The second-order valence-corrected chi connectivity index (χ2v) is 5.20. The fraction of sp³-hybridized carbons (Fsp3) is 0.625. The average molecular weight is 284 g/mol. The van der Waals surface area contributed by atoms with Gasteiger partial charge in [-0.15, -0.1) is 0 Å². The first-order chi connectivity index (χ1) is 9.27. The van der Waals surface area contributed by atoms with Gasteiger partial charge in [-0.25, -0.2) is 0 Å². The zero-order valence-electron chi connectivity index (χ0n) is 12.2. The van der Waals surface area contributed by atoms with E-state index in [1.807, 2.05) is 25.1 Å². The van der Waals surface area contributed by atoms with E-state index < -0.39 is 0 Å². The number of rotatable bonds is 10. The van der Waals surface area contributed by atoms with E-state index in [0.717, 1.165) is 23.0 Å². The minimum atomic E-state index is 0.674. The Morgan fingerprint density at radius 3 is 2.53 bits per heavy atom. The normalized spacial score (nSPS) is 10.5. The predicted octanol–water partition coefficient (Wildman–Crippen LogP) is 5.51. The third kappa shape index (κ3) is 6.72. The van der Waals surface area contributed by atoms with Crippen LogP contribution in [-0.2, 0) is 0 Å². The van der Waals surface area contributed by atoms with Gasteiger partial charge in [0.2, 0.25) is 0 Å². The van der Waals surface area contributed by atoms with Crippen LogP contribution >= 0.6 is 11.6 Å². The first-order valence-electron chi connectivity index (χ1n) is 7.44. The molecule has 2 nitrogen and oxygen atoms in total. The number of nitrogens with one attached hydrogen (secondary N) is 1. The van der Waals surface area contributed by atoms with Gasteiger partial charge in [0.25, 0.3) is 0 Å². The topological polar surface area (TPSA) is 21.3 Å². The molecule has 0 spiro atoms. The Kier molecular flexibility index (Phi) is 8.48. The highest BCUT2D eigenvalue weighted by Gasteiger charge is 2.03. The first-order valence-corrected chi connectivity index (χ1v) is 7.82. The van der Waals surface area contributed by atoms with Crippen LogP contribution in [0, 0.1) is 0 Å². The Morgan fingerprint density at radius 2 is 1.79 bits per heavy atom. The molecule has 1 aromatic carbocycles. The number of ether oxygens (including phenoxy) is 1. The Balaban J connectivity index is 2.29. The van der Waals surface area contributed by atoms with Crippen LogP contribution in [0.15, 0.2) is 18.2 Å². The quantitative estimate of drug-likeness (QED) is 0.572. The van der Waals surface area contributed by atoms with E-state index in [9.17, 15) is 0 Å². The van der Waals surface area contributed by atoms with E-state index in [-0.39, 0.29) is 0 Å². The van der Waals surface area contributed by atoms with E-state index in [1.54, 1.807) is 0 Å². The van der Waals surface area contributed by atoms with Gasteiger partial charge in [0.05, 0.1) is 12.3 Å². The van der Waals surface area contributed by atoms with E-state index in [4.69, 9.17) is 16.3 Å². The minimum Gasteiger partial charge on any atom is -0.492 e. The maximum atomic E-state index is 6.02. The van der Waals surface area contributed by atoms with Crippen molar-refractivity contribution in [3.63, 3.8) is 0 Å². The molecule has 0 aliphatic heterocycles. The molecular formula is C16H26ClNO. The van der Waals surface area contributed by atoms with Crippen molar-refractivity contribution < 1.29 is 4.74 Å². The number of hydrogen-bond donors (Lipinski definition) is 1. The molecule has 108 valence electrons. The molecule has 0 aliphatic rings. The van der Waals surface area contributed by atoms with Crippen LogP contribution in [0.1, 0.15) is 52.4 Å².